The minimum absolute atomic E-state index is 0.143. The SMILES string of the molecule is CC(C)c1cc(COc2ccc(-c3ccc(C(=O)O)cc3Cl)cc2)n(-c2c(Cl)cccc2Cl)n1. The summed E-state index contributed by atoms with van der Waals surface area (Å²) in [5.41, 5.74) is 4.07. The lowest BCUT2D eigenvalue weighted by atomic mass is 10.0. The van der Waals surface area contributed by atoms with E-state index >= 15 is 0 Å². The van der Waals surface area contributed by atoms with Crippen LogP contribution in [-0.4, -0.2) is 20.9 Å². The van der Waals surface area contributed by atoms with Gasteiger partial charge in [-0.25, -0.2) is 9.48 Å². The quantitative estimate of drug-likeness (QED) is 0.272. The van der Waals surface area contributed by atoms with Crippen molar-refractivity contribution in [3.8, 4) is 22.6 Å². The predicted octanol–water partition coefficient (Wildman–Crippen LogP) is 7.90. The maximum Gasteiger partial charge on any atom is 0.335 e. The van der Waals surface area contributed by atoms with Gasteiger partial charge in [0.05, 0.1) is 27.0 Å². The number of carbonyl (C=O) groups is 1. The highest BCUT2D eigenvalue weighted by Gasteiger charge is 2.17. The Balaban J connectivity index is 1.57. The predicted molar refractivity (Wildman–Crippen MR) is 136 cm³/mol. The van der Waals surface area contributed by atoms with Gasteiger partial charge in [0.25, 0.3) is 0 Å². The zero-order chi connectivity index (χ0) is 24.4. The van der Waals surface area contributed by atoms with Crippen LogP contribution in [0.2, 0.25) is 15.1 Å². The van der Waals surface area contributed by atoms with Crippen molar-refractivity contribution in [3.05, 3.63) is 98.7 Å². The molecule has 0 unspecified atom stereocenters. The molecule has 3 aromatic carbocycles. The number of carboxylic acids is 1. The molecule has 5 nitrogen and oxygen atoms in total. The van der Waals surface area contributed by atoms with Gasteiger partial charge in [-0.1, -0.05) is 72.9 Å². The van der Waals surface area contributed by atoms with E-state index in [9.17, 15) is 4.79 Å². The Labute approximate surface area is 212 Å². The number of aromatic nitrogens is 2. The standard InChI is InChI=1S/C26H21Cl3N2O3/c1-15(2)24-13-18(31(30-24)25-21(27)4-3-5-22(25)28)14-34-19-9-6-16(7-10-19)20-11-8-17(26(32)33)12-23(20)29/h3-13,15H,14H2,1-2H3,(H,32,33). The Morgan fingerprint density at radius 1 is 0.971 bits per heavy atom. The van der Waals surface area contributed by atoms with Crippen LogP contribution in [0.5, 0.6) is 5.75 Å². The summed E-state index contributed by atoms with van der Waals surface area (Å²) in [6.45, 7) is 4.39. The van der Waals surface area contributed by atoms with E-state index in [0.717, 1.165) is 22.5 Å². The summed E-state index contributed by atoms with van der Waals surface area (Å²) in [5, 5.41) is 15.2. The number of para-hydroxylation sites is 1. The van der Waals surface area contributed by atoms with E-state index in [-0.39, 0.29) is 18.1 Å². The van der Waals surface area contributed by atoms with Crippen LogP contribution in [0.15, 0.2) is 66.7 Å². The third-order valence-electron chi connectivity index (χ3n) is 5.31. The number of hydrogen-bond donors (Lipinski definition) is 1. The average Bonchev–Trinajstić information content (AvgIpc) is 3.22. The van der Waals surface area contributed by atoms with Crippen LogP contribution in [0.25, 0.3) is 16.8 Å². The van der Waals surface area contributed by atoms with E-state index in [1.807, 2.05) is 30.3 Å². The largest absolute Gasteiger partial charge is 0.487 e. The molecule has 0 aliphatic heterocycles. The Morgan fingerprint density at radius 3 is 2.24 bits per heavy atom. The Kier molecular flexibility index (Phi) is 7.17. The maximum absolute atomic E-state index is 11.1. The van der Waals surface area contributed by atoms with Gasteiger partial charge in [0.2, 0.25) is 0 Å². The van der Waals surface area contributed by atoms with Crippen molar-refractivity contribution in [2.75, 3.05) is 0 Å². The molecule has 0 fully saturated rings. The van der Waals surface area contributed by atoms with Crippen LogP contribution in [-0.2, 0) is 6.61 Å². The second-order valence-corrected chi connectivity index (χ2v) is 9.23. The van der Waals surface area contributed by atoms with Gasteiger partial charge < -0.3 is 9.84 Å². The molecule has 0 atom stereocenters. The van der Waals surface area contributed by atoms with Crippen molar-refractivity contribution in [1.29, 1.82) is 0 Å². The molecule has 4 aromatic rings. The van der Waals surface area contributed by atoms with E-state index in [2.05, 4.69) is 13.8 Å². The van der Waals surface area contributed by atoms with Crippen molar-refractivity contribution in [2.45, 2.75) is 26.4 Å². The highest BCUT2D eigenvalue weighted by Crippen LogP contribution is 2.32. The first-order valence-corrected chi connectivity index (χ1v) is 11.7. The zero-order valence-corrected chi connectivity index (χ0v) is 20.7. The molecule has 0 aliphatic carbocycles. The van der Waals surface area contributed by atoms with Crippen LogP contribution in [0.3, 0.4) is 0 Å². The van der Waals surface area contributed by atoms with Gasteiger partial charge in [-0.3, -0.25) is 0 Å². The van der Waals surface area contributed by atoms with Crippen LogP contribution in [0, 0.1) is 0 Å². The number of ether oxygens (including phenoxy) is 1. The Bertz CT molecular complexity index is 1330. The molecule has 0 radical (unpaired) electrons. The summed E-state index contributed by atoms with van der Waals surface area (Å²) in [6, 6.07) is 19.4. The van der Waals surface area contributed by atoms with E-state index < -0.39 is 5.97 Å². The first kappa shape index (κ1) is 24.1. The van der Waals surface area contributed by atoms with Gasteiger partial charge in [-0.05, 0) is 53.9 Å². The summed E-state index contributed by atoms with van der Waals surface area (Å²) in [6.07, 6.45) is 0. The molecule has 174 valence electrons. The number of carboxylic acid groups (broad SMARTS) is 1. The van der Waals surface area contributed by atoms with Crippen LogP contribution in [0.4, 0.5) is 0 Å². The summed E-state index contributed by atoms with van der Waals surface area (Å²) in [4.78, 5) is 11.1. The lowest BCUT2D eigenvalue weighted by Crippen LogP contribution is -2.07. The van der Waals surface area contributed by atoms with Gasteiger partial charge in [0.1, 0.15) is 18.0 Å². The molecule has 34 heavy (non-hydrogen) atoms. The fourth-order valence-electron chi connectivity index (χ4n) is 3.48. The third kappa shape index (κ3) is 5.07. The number of aromatic carboxylic acids is 1. The molecule has 1 N–H and O–H groups in total. The van der Waals surface area contributed by atoms with Crippen molar-refractivity contribution < 1.29 is 14.6 Å². The number of hydrogen-bond acceptors (Lipinski definition) is 3. The third-order valence-corrected chi connectivity index (χ3v) is 6.23. The van der Waals surface area contributed by atoms with Crippen molar-refractivity contribution in [1.82, 2.24) is 9.78 Å². The lowest BCUT2D eigenvalue weighted by Gasteiger charge is -2.12. The fourth-order valence-corrected chi connectivity index (χ4v) is 4.33. The van der Waals surface area contributed by atoms with E-state index in [1.54, 1.807) is 28.9 Å². The lowest BCUT2D eigenvalue weighted by molar-refractivity contribution is 0.0697. The zero-order valence-electron chi connectivity index (χ0n) is 18.4. The molecule has 0 bridgehead atoms. The topological polar surface area (TPSA) is 64.3 Å². The van der Waals surface area contributed by atoms with Crippen molar-refractivity contribution in [3.63, 3.8) is 0 Å². The molecule has 1 aromatic heterocycles. The monoisotopic (exact) mass is 514 g/mol. The molecule has 0 spiro atoms. The normalized spacial score (nSPS) is 11.1. The summed E-state index contributed by atoms with van der Waals surface area (Å²) < 4.78 is 7.78. The van der Waals surface area contributed by atoms with Gasteiger partial charge in [0.15, 0.2) is 0 Å². The average molecular weight is 516 g/mol. The molecular formula is C26H21Cl3N2O3. The summed E-state index contributed by atoms with van der Waals surface area (Å²) in [5.74, 6) is -0.140. The van der Waals surface area contributed by atoms with Crippen molar-refractivity contribution >= 4 is 40.8 Å². The van der Waals surface area contributed by atoms with E-state index in [4.69, 9.17) is 49.7 Å². The smallest absolute Gasteiger partial charge is 0.335 e. The first-order valence-electron chi connectivity index (χ1n) is 10.5. The van der Waals surface area contributed by atoms with Crippen LogP contribution >= 0.6 is 34.8 Å². The number of halogens is 3. The molecule has 4 rings (SSSR count). The van der Waals surface area contributed by atoms with Gasteiger partial charge in [-0.15, -0.1) is 0 Å². The van der Waals surface area contributed by atoms with Crippen LogP contribution < -0.4 is 4.74 Å². The molecule has 8 heteroatoms. The second-order valence-electron chi connectivity index (χ2n) is 8.01. The molecule has 0 aliphatic rings. The van der Waals surface area contributed by atoms with E-state index in [1.165, 1.54) is 12.1 Å². The van der Waals surface area contributed by atoms with Gasteiger partial charge in [0, 0.05) is 10.6 Å². The molecule has 1 heterocycles. The highest BCUT2D eigenvalue weighted by molar-refractivity contribution is 6.37. The minimum Gasteiger partial charge on any atom is -0.487 e. The van der Waals surface area contributed by atoms with Crippen molar-refractivity contribution in [2.24, 2.45) is 0 Å². The first-order chi connectivity index (χ1) is 16.2. The molecule has 0 saturated carbocycles. The molecule has 0 amide bonds. The number of benzene rings is 3. The number of nitrogens with zero attached hydrogens (tertiary/aromatic N) is 2. The summed E-state index contributed by atoms with van der Waals surface area (Å²) >= 11 is 19.1. The summed E-state index contributed by atoms with van der Waals surface area (Å²) in [7, 11) is 0. The van der Waals surface area contributed by atoms with Gasteiger partial charge >= 0.3 is 5.97 Å². The highest BCUT2D eigenvalue weighted by atomic mass is 35.5. The maximum atomic E-state index is 11.1. The van der Waals surface area contributed by atoms with Gasteiger partial charge in [-0.2, -0.15) is 5.10 Å². The molecule has 0 saturated heterocycles. The number of rotatable bonds is 7. The van der Waals surface area contributed by atoms with E-state index in [0.29, 0.717) is 26.5 Å². The molecular weight excluding hydrogens is 495 g/mol. The fraction of sp³-hybridized carbons (Fsp3) is 0.154. The Hall–Kier alpha value is -2.99. The minimum atomic E-state index is -1.02. The second kappa shape index (κ2) is 10.1. The van der Waals surface area contributed by atoms with Crippen LogP contribution in [0.1, 0.15) is 41.5 Å². The Morgan fingerprint density at radius 2 is 1.65 bits per heavy atom.